The number of methoxy groups -OCH3 is 1. The topological polar surface area (TPSA) is 87.9 Å². The normalized spacial score (nSPS) is 18.1. The Morgan fingerprint density at radius 3 is 2.48 bits per heavy atom. The van der Waals surface area contributed by atoms with E-state index < -0.39 is 11.9 Å². The number of hydrogen-bond donors (Lipinski definition) is 1. The molecule has 0 radical (unpaired) electrons. The van der Waals surface area contributed by atoms with Gasteiger partial charge in [0.25, 0.3) is 0 Å². The zero-order valence-electron chi connectivity index (χ0n) is 17.6. The Bertz CT molecular complexity index is 1170. The number of nitrogens with two attached hydrogens (primary N) is 1. The quantitative estimate of drug-likeness (QED) is 0.580. The molecular formula is C24H20Cl2FNO5. The summed E-state index contributed by atoms with van der Waals surface area (Å²) in [5, 5.41) is 0.360. The van der Waals surface area contributed by atoms with E-state index >= 15 is 0 Å². The molecule has 33 heavy (non-hydrogen) atoms. The Hall–Kier alpha value is -3.03. The Balaban J connectivity index is 1.73. The number of rotatable bonds is 5. The molecule has 0 saturated heterocycles. The number of hydrogen-bond acceptors (Lipinski definition) is 6. The maximum Gasteiger partial charge on any atom is 0.340 e. The van der Waals surface area contributed by atoms with Crippen molar-refractivity contribution >= 4 is 35.0 Å². The van der Waals surface area contributed by atoms with Gasteiger partial charge in [0.2, 0.25) is 5.88 Å². The third-order valence-electron chi connectivity index (χ3n) is 5.54. The van der Waals surface area contributed by atoms with Crippen molar-refractivity contribution < 1.29 is 28.2 Å². The lowest BCUT2D eigenvalue weighted by atomic mass is 9.77. The van der Waals surface area contributed by atoms with Crippen LogP contribution < -0.4 is 10.5 Å². The highest BCUT2D eigenvalue weighted by atomic mass is 35.5. The third-order valence-corrected chi connectivity index (χ3v) is 6.10. The first-order valence-corrected chi connectivity index (χ1v) is 10.9. The van der Waals surface area contributed by atoms with E-state index in [4.69, 9.17) is 43.1 Å². The van der Waals surface area contributed by atoms with E-state index in [1.54, 1.807) is 24.3 Å². The van der Waals surface area contributed by atoms with Gasteiger partial charge in [-0.25, -0.2) is 9.18 Å². The van der Waals surface area contributed by atoms with Gasteiger partial charge in [-0.3, -0.25) is 4.79 Å². The molecule has 2 N–H and O–H groups in total. The first-order chi connectivity index (χ1) is 15.8. The van der Waals surface area contributed by atoms with Crippen molar-refractivity contribution in [2.45, 2.75) is 31.8 Å². The molecule has 0 fully saturated rings. The van der Waals surface area contributed by atoms with Gasteiger partial charge in [0.1, 0.15) is 23.8 Å². The first kappa shape index (κ1) is 23.1. The smallest absolute Gasteiger partial charge is 0.340 e. The van der Waals surface area contributed by atoms with E-state index in [2.05, 4.69) is 0 Å². The zero-order chi connectivity index (χ0) is 23.7. The summed E-state index contributed by atoms with van der Waals surface area (Å²) in [5.41, 5.74) is 7.63. The van der Waals surface area contributed by atoms with Gasteiger partial charge in [-0.05, 0) is 41.8 Å². The molecule has 4 rings (SSSR count). The molecule has 0 unspecified atom stereocenters. The summed E-state index contributed by atoms with van der Waals surface area (Å²) in [5.74, 6) is -1.51. The van der Waals surface area contributed by atoms with Gasteiger partial charge in [0, 0.05) is 18.4 Å². The van der Waals surface area contributed by atoms with Gasteiger partial charge in [-0.2, -0.15) is 0 Å². The molecule has 0 bridgehead atoms. The fourth-order valence-electron chi connectivity index (χ4n) is 4.02. The van der Waals surface area contributed by atoms with Crippen LogP contribution in [0.15, 0.2) is 59.2 Å². The van der Waals surface area contributed by atoms with Crippen LogP contribution in [-0.2, 0) is 25.7 Å². The van der Waals surface area contributed by atoms with Gasteiger partial charge >= 0.3 is 5.97 Å². The summed E-state index contributed by atoms with van der Waals surface area (Å²) in [6, 6.07) is 8.98. The number of carbonyl (C=O) groups is 2. The molecule has 6 nitrogen and oxygen atoms in total. The van der Waals surface area contributed by atoms with E-state index in [1.165, 1.54) is 19.2 Å². The minimum Gasteiger partial charge on any atom is -0.486 e. The van der Waals surface area contributed by atoms with Crippen molar-refractivity contribution in [3.05, 3.63) is 86.2 Å². The lowest BCUT2D eigenvalue weighted by Crippen LogP contribution is -2.31. The fourth-order valence-corrected chi connectivity index (χ4v) is 4.63. The molecule has 1 aliphatic carbocycles. The van der Waals surface area contributed by atoms with Crippen LogP contribution in [0, 0.1) is 5.82 Å². The third kappa shape index (κ3) is 4.56. The van der Waals surface area contributed by atoms with Crippen LogP contribution in [0.5, 0.6) is 5.75 Å². The number of allylic oxidation sites excluding steroid dienone is 2. The van der Waals surface area contributed by atoms with E-state index in [9.17, 15) is 14.0 Å². The van der Waals surface area contributed by atoms with Crippen molar-refractivity contribution in [3.8, 4) is 5.75 Å². The molecule has 172 valence electrons. The van der Waals surface area contributed by atoms with Crippen LogP contribution in [0.1, 0.15) is 36.3 Å². The fraction of sp³-hybridized carbons (Fsp3) is 0.250. The van der Waals surface area contributed by atoms with Gasteiger partial charge in [0.05, 0.1) is 23.1 Å². The molecular weight excluding hydrogens is 472 g/mol. The summed E-state index contributed by atoms with van der Waals surface area (Å²) in [6.45, 7) is 0.115. The Kier molecular flexibility index (Phi) is 6.63. The van der Waals surface area contributed by atoms with Crippen LogP contribution in [0.3, 0.4) is 0 Å². The Morgan fingerprint density at radius 2 is 1.85 bits per heavy atom. The standard InChI is InChI=1S/C24H20Cl2FNO5/c1-31-24(30)21-19(20-17(29)3-2-4-18(20)33-23(21)28)13-9-15(25)22(16(26)10-13)32-11-12-5-7-14(27)8-6-12/h5-10,19H,2-4,11,28H2,1H3/t19-/m0/s1. The number of esters is 1. The monoisotopic (exact) mass is 491 g/mol. The molecule has 0 spiro atoms. The summed E-state index contributed by atoms with van der Waals surface area (Å²) in [7, 11) is 1.22. The molecule has 9 heteroatoms. The number of ketones is 1. The van der Waals surface area contributed by atoms with Crippen LogP contribution >= 0.6 is 23.2 Å². The number of Topliss-reactive ketones (excluding diaryl/α,β-unsaturated/α-hetero) is 1. The lowest BCUT2D eigenvalue weighted by Gasteiger charge is -2.32. The molecule has 1 heterocycles. The van der Waals surface area contributed by atoms with E-state index in [1.807, 2.05) is 0 Å². The average molecular weight is 492 g/mol. The number of halogens is 3. The number of benzene rings is 2. The van der Waals surface area contributed by atoms with E-state index in [-0.39, 0.29) is 45.5 Å². The summed E-state index contributed by atoms with van der Waals surface area (Å²) >= 11 is 13.0. The van der Waals surface area contributed by atoms with Crippen LogP contribution in [0.4, 0.5) is 4.39 Å². The summed E-state index contributed by atoms with van der Waals surface area (Å²) in [6.07, 6.45) is 1.48. The SMILES string of the molecule is COC(=O)C1=C(N)OC2=C(C(=O)CCC2)[C@@H]1c1cc(Cl)c(OCc2ccc(F)cc2)c(Cl)c1. The van der Waals surface area contributed by atoms with Gasteiger partial charge in [0.15, 0.2) is 11.5 Å². The maximum atomic E-state index is 13.1. The summed E-state index contributed by atoms with van der Waals surface area (Å²) in [4.78, 5) is 25.4. The first-order valence-electron chi connectivity index (χ1n) is 10.2. The van der Waals surface area contributed by atoms with Crippen molar-refractivity contribution in [2.75, 3.05) is 7.11 Å². The van der Waals surface area contributed by atoms with E-state index in [0.717, 1.165) is 5.56 Å². The zero-order valence-corrected chi connectivity index (χ0v) is 19.1. The Morgan fingerprint density at radius 1 is 1.18 bits per heavy atom. The van der Waals surface area contributed by atoms with Crippen LogP contribution in [0.2, 0.25) is 10.0 Å². The minimum absolute atomic E-state index is 0.0126. The summed E-state index contributed by atoms with van der Waals surface area (Å²) < 4.78 is 29.4. The molecule has 2 aromatic carbocycles. The molecule has 1 atom stereocenters. The molecule has 2 aromatic rings. The second-order valence-electron chi connectivity index (χ2n) is 7.65. The number of carbonyl (C=O) groups excluding carboxylic acids is 2. The second kappa shape index (κ2) is 9.45. The van der Waals surface area contributed by atoms with Crippen molar-refractivity contribution in [3.63, 3.8) is 0 Å². The Labute approximate surface area is 199 Å². The largest absolute Gasteiger partial charge is 0.486 e. The molecule has 0 amide bonds. The average Bonchev–Trinajstić information content (AvgIpc) is 2.78. The highest BCUT2D eigenvalue weighted by Crippen LogP contribution is 2.46. The second-order valence-corrected chi connectivity index (χ2v) is 8.46. The molecule has 0 saturated carbocycles. The highest BCUT2D eigenvalue weighted by molar-refractivity contribution is 6.37. The lowest BCUT2D eigenvalue weighted by molar-refractivity contribution is -0.136. The minimum atomic E-state index is -0.838. The van der Waals surface area contributed by atoms with Crippen molar-refractivity contribution in [2.24, 2.45) is 5.73 Å². The van der Waals surface area contributed by atoms with Gasteiger partial charge in [-0.15, -0.1) is 0 Å². The molecule has 0 aromatic heterocycles. The maximum absolute atomic E-state index is 13.1. The van der Waals surface area contributed by atoms with Crippen molar-refractivity contribution in [1.82, 2.24) is 0 Å². The van der Waals surface area contributed by atoms with Crippen LogP contribution in [0.25, 0.3) is 0 Å². The molecule has 2 aliphatic rings. The van der Waals surface area contributed by atoms with Gasteiger partial charge < -0.3 is 19.9 Å². The van der Waals surface area contributed by atoms with Gasteiger partial charge in [-0.1, -0.05) is 35.3 Å². The van der Waals surface area contributed by atoms with Crippen LogP contribution in [-0.4, -0.2) is 18.9 Å². The molecule has 1 aliphatic heterocycles. The van der Waals surface area contributed by atoms with Crippen molar-refractivity contribution in [1.29, 1.82) is 0 Å². The number of ether oxygens (including phenoxy) is 3. The predicted molar refractivity (Wildman–Crippen MR) is 120 cm³/mol. The van der Waals surface area contributed by atoms with E-state index in [0.29, 0.717) is 36.2 Å². The highest BCUT2D eigenvalue weighted by Gasteiger charge is 2.41. The predicted octanol–water partition coefficient (Wildman–Crippen LogP) is 5.18.